The predicted octanol–water partition coefficient (Wildman–Crippen LogP) is 2.28. The molecule has 1 aliphatic heterocycles. The molecule has 1 fully saturated rings. The number of morpholine rings is 1. The van der Waals surface area contributed by atoms with Crippen LogP contribution < -0.4 is 10.0 Å². The summed E-state index contributed by atoms with van der Waals surface area (Å²) >= 11 is 1.58. The Kier molecular flexibility index (Phi) is 9.55. The number of sulfonamides is 1. The van der Waals surface area contributed by atoms with E-state index in [0.717, 1.165) is 18.7 Å². The number of ether oxygens (including phenoxy) is 1. The Labute approximate surface area is 195 Å². The zero-order chi connectivity index (χ0) is 22.8. The molecule has 2 unspecified atom stereocenters. The highest BCUT2D eigenvalue weighted by atomic mass is 32.2. The number of hydrogen-bond acceptors (Lipinski definition) is 6. The van der Waals surface area contributed by atoms with Crippen LogP contribution in [0.1, 0.15) is 18.0 Å². The molecular weight excluding hydrogens is 446 g/mol. The molecule has 32 heavy (non-hydrogen) atoms. The van der Waals surface area contributed by atoms with Gasteiger partial charge in [0.1, 0.15) is 6.04 Å². The highest BCUT2D eigenvalue weighted by Gasteiger charge is 2.28. The highest BCUT2D eigenvalue weighted by Crippen LogP contribution is 2.21. The molecular formula is C23H31N3O4S2. The number of thioether (sulfide) groups is 1. The molecule has 1 amide bonds. The number of rotatable bonds is 11. The van der Waals surface area contributed by atoms with Gasteiger partial charge in [0.15, 0.2) is 0 Å². The van der Waals surface area contributed by atoms with Crippen LogP contribution in [-0.4, -0.2) is 70.1 Å². The molecule has 2 aromatic rings. The summed E-state index contributed by atoms with van der Waals surface area (Å²) in [6, 6.07) is 17.3. The Balaban J connectivity index is 1.71. The number of amides is 1. The van der Waals surface area contributed by atoms with Gasteiger partial charge in [-0.05, 0) is 36.1 Å². The topological polar surface area (TPSA) is 87.7 Å². The van der Waals surface area contributed by atoms with E-state index in [0.29, 0.717) is 31.9 Å². The number of hydrogen-bond donors (Lipinski definition) is 2. The summed E-state index contributed by atoms with van der Waals surface area (Å²) in [5.41, 5.74) is 1.11. The Morgan fingerprint density at radius 1 is 1.06 bits per heavy atom. The largest absolute Gasteiger partial charge is 0.379 e. The Bertz CT molecular complexity index is 936. The minimum Gasteiger partial charge on any atom is -0.379 e. The minimum atomic E-state index is -3.79. The van der Waals surface area contributed by atoms with Crippen molar-refractivity contribution >= 4 is 27.7 Å². The molecule has 174 valence electrons. The maximum absolute atomic E-state index is 13.1. The van der Waals surface area contributed by atoms with Crippen LogP contribution >= 0.6 is 11.8 Å². The third kappa shape index (κ3) is 7.05. The molecule has 7 nitrogen and oxygen atoms in total. The van der Waals surface area contributed by atoms with Crippen LogP contribution in [0.3, 0.4) is 0 Å². The van der Waals surface area contributed by atoms with Crippen LogP contribution in [0.5, 0.6) is 0 Å². The summed E-state index contributed by atoms with van der Waals surface area (Å²) in [4.78, 5) is 15.5. The van der Waals surface area contributed by atoms with Crippen molar-refractivity contribution in [2.24, 2.45) is 0 Å². The van der Waals surface area contributed by atoms with E-state index in [9.17, 15) is 13.2 Å². The molecule has 0 saturated carbocycles. The zero-order valence-electron chi connectivity index (χ0n) is 18.3. The average molecular weight is 478 g/mol. The van der Waals surface area contributed by atoms with E-state index in [-0.39, 0.29) is 16.8 Å². The number of carbonyl (C=O) groups is 1. The third-order valence-corrected chi connectivity index (χ3v) is 7.55. The maximum atomic E-state index is 13.1. The summed E-state index contributed by atoms with van der Waals surface area (Å²) in [5, 5.41) is 3.00. The molecule has 0 aromatic heterocycles. The second-order valence-electron chi connectivity index (χ2n) is 7.59. The molecule has 1 heterocycles. The maximum Gasteiger partial charge on any atom is 0.241 e. The predicted molar refractivity (Wildman–Crippen MR) is 128 cm³/mol. The van der Waals surface area contributed by atoms with Crippen molar-refractivity contribution in [3.05, 3.63) is 66.2 Å². The fourth-order valence-corrected chi connectivity index (χ4v) is 5.40. The SMILES string of the molecule is CSCCC(NS(=O)(=O)c1ccccc1)C(=O)NCC(c1ccccc1)N1CCOCC1. The summed E-state index contributed by atoms with van der Waals surface area (Å²) in [6.45, 7) is 3.28. The smallest absolute Gasteiger partial charge is 0.241 e. The second-order valence-corrected chi connectivity index (χ2v) is 10.3. The molecule has 1 aliphatic rings. The zero-order valence-corrected chi connectivity index (χ0v) is 19.9. The third-order valence-electron chi connectivity index (χ3n) is 5.42. The van der Waals surface area contributed by atoms with Crippen LogP contribution in [-0.2, 0) is 19.6 Å². The molecule has 1 saturated heterocycles. The monoisotopic (exact) mass is 477 g/mol. The average Bonchev–Trinajstić information content (AvgIpc) is 2.83. The summed E-state index contributed by atoms with van der Waals surface area (Å²) in [7, 11) is -3.79. The van der Waals surface area contributed by atoms with Crippen molar-refractivity contribution in [2.75, 3.05) is 44.9 Å². The Morgan fingerprint density at radius 2 is 1.69 bits per heavy atom. The molecule has 0 radical (unpaired) electrons. The number of nitrogens with zero attached hydrogens (tertiary/aromatic N) is 1. The summed E-state index contributed by atoms with van der Waals surface area (Å²) in [6.07, 6.45) is 2.34. The van der Waals surface area contributed by atoms with Crippen molar-refractivity contribution in [3.63, 3.8) is 0 Å². The van der Waals surface area contributed by atoms with E-state index in [1.54, 1.807) is 30.0 Å². The van der Waals surface area contributed by atoms with E-state index in [2.05, 4.69) is 27.1 Å². The van der Waals surface area contributed by atoms with Crippen molar-refractivity contribution in [1.29, 1.82) is 0 Å². The molecule has 2 aromatic carbocycles. The van der Waals surface area contributed by atoms with Gasteiger partial charge < -0.3 is 10.1 Å². The summed E-state index contributed by atoms with van der Waals surface area (Å²) < 4.78 is 33.7. The lowest BCUT2D eigenvalue weighted by atomic mass is 10.0. The van der Waals surface area contributed by atoms with Crippen LogP contribution in [0.2, 0.25) is 0 Å². The lowest BCUT2D eigenvalue weighted by Crippen LogP contribution is -2.50. The van der Waals surface area contributed by atoms with E-state index in [4.69, 9.17) is 4.74 Å². The van der Waals surface area contributed by atoms with Gasteiger partial charge >= 0.3 is 0 Å². The van der Waals surface area contributed by atoms with Gasteiger partial charge in [-0.2, -0.15) is 16.5 Å². The first-order valence-corrected chi connectivity index (χ1v) is 13.6. The van der Waals surface area contributed by atoms with Gasteiger partial charge in [0, 0.05) is 19.6 Å². The van der Waals surface area contributed by atoms with Crippen LogP contribution in [0.4, 0.5) is 0 Å². The standard InChI is InChI=1S/C23H31N3O4S2/c1-31-17-12-21(25-32(28,29)20-10-6-3-7-11-20)23(27)24-18-22(19-8-4-2-5-9-19)26-13-15-30-16-14-26/h2-11,21-22,25H,12-18H2,1H3,(H,24,27). The summed E-state index contributed by atoms with van der Waals surface area (Å²) in [5.74, 6) is 0.355. The number of carbonyl (C=O) groups excluding carboxylic acids is 1. The molecule has 9 heteroatoms. The fourth-order valence-electron chi connectivity index (χ4n) is 3.68. The van der Waals surface area contributed by atoms with Gasteiger partial charge in [-0.25, -0.2) is 8.42 Å². The van der Waals surface area contributed by atoms with E-state index in [1.807, 2.05) is 24.5 Å². The molecule has 0 bridgehead atoms. The van der Waals surface area contributed by atoms with Gasteiger partial charge in [0.2, 0.25) is 15.9 Å². The molecule has 2 atom stereocenters. The van der Waals surface area contributed by atoms with Crippen LogP contribution in [0, 0.1) is 0 Å². The lowest BCUT2D eigenvalue weighted by molar-refractivity contribution is -0.123. The van der Waals surface area contributed by atoms with Crippen LogP contribution in [0.25, 0.3) is 0 Å². The molecule has 0 aliphatic carbocycles. The number of nitrogens with one attached hydrogen (secondary N) is 2. The van der Waals surface area contributed by atoms with Crippen LogP contribution in [0.15, 0.2) is 65.6 Å². The first kappa shape index (κ1) is 24.7. The van der Waals surface area contributed by atoms with Gasteiger partial charge in [-0.15, -0.1) is 0 Å². The highest BCUT2D eigenvalue weighted by molar-refractivity contribution is 7.98. The van der Waals surface area contributed by atoms with E-state index in [1.165, 1.54) is 12.1 Å². The molecule has 0 spiro atoms. The van der Waals surface area contributed by atoms with Gasteiger partial charge in [-0.1, -0.05) is 48.5 Å². The van der Waals surface area contributed by atoms with Crippen molar-refractivity contribution in [2.45, 2.75) is 23.4 Å². The fraction of sp³-hybridized carbons (Fsp3) is 0.435. The van der Waals surface area contributed by atoms with Crippen molar-refractivity contribution in [1.82, 2.24) is 14.9 Å². The quantitative estimate of drug-likeness (QED) is 0.516. The minimum absolute atomic E-state index is 0.00372. The normalized spacial score (nSPS) is 16.9. The molecule has 3 rings (SSSR count). The first-order chi connectivity index (χ1) is 15.5. The second kappa shape index (κ2) is 12.4. The number of benzene rings is 2. The Hall–Kier alpha value is -1.91. The van der Waals surface area contributed by atoms with Crippen molar-refractivity contribution < 1.29 is 17.9 Å². The van der Waals surface area contributed by atoms with E-state index < -0.39 is 16.1 Å². The van der Waals surface area contributed by atoms with Gasteiger partial charge in [-0.3, -0.25) is 9.69 Å². The lowest BCUT2D eigenvalue weighted by Gasteiger charge is -2.35. The van der Waals surface area contributed by atoms with Crippen molar-refractivity contribution in [3.8, 4) is 0 Å². The van der Waals surface area contributed by atoms with E-state index >= 15 is 0 Å². The Morgan fingerprint density at radius 3 is 2.31 bits per heavy atom. The van der Waals surface area contributed by atoms with Gasteiger partial charge in [0.25, 0.3) is 0 Å². The van der Waals surface area contributed by atoms with Gasteiger partial charge in [0.05, 0.1) is 24.2 Å². The molecule has 2 N–H and O–H groups in total. The first-order valence-electron chi connectivity index (χ1n) is 10.7.